The number of ether oxygens (including phenoxy) is 1. The Bertz CT molecular complexity index is 1370. The number of hydrogen-bond donors (Lipinski definition) is 1. The number of nitrogens with zero attached hydrogens (tertiary/aromatic N) is 6. The molecule has 3 aromatic rings. The summed E-state index contributed by atoms with van der Waals surface area (Å²) in [6, 6.07) is 7.40. The van der Waals surface area contributed by atoms with Crippen molar-refractivity contribution in [2.75, 3.05) is 25.5 Å². The summed E-state index contributed by atoms with van der Waals surface area (Å²) in [7, 11) is 1.74. The summed E-state index contributed by atoms with van der Waals surface area (Å²) in [4.78, 5) is 14.3. The van der Waals surface area contributed by atoms with E-state index in [0.717, 1.165) is 37.8 Å². The first-order chi connectivity index (χ1) is 18.9. The van der Waals surface area contributed by atoms with Crippen molar-refractivity contribution >= 4 is 11.9 Å². The summed E-state index contributed by atoms with van der Waals surface area (Å²) >= 11 is 0. The highest BCUT2D eigenvalue weighted by Gasteiger charge is 2.31. The minimum Gasteiger partial charge on any atom is -0.444 e. The molecule has 3 heterocycles. The number of nitrogens with one attached hydrogen (secondary N) is 1. The maximum atomic E-state index is 13.1. The van der Waals surface area contributed by atoms with Crippen molar-refractivity contribution in [3.05, 3.63) is 53.3 Å². The first kappa shape index (κ1) is 29.0. The van der Waals surface area contributed by atoms with Gasteiger partial charge >= 0.3 is 12.3 Å². The van der Waals surface area contributed by atoms with E-state index >= 15 is 0 Å². The summed E-state index contributed by atoms with van der Waals surface area (Å²) in [6.07, 6.45) is 1.54. The van der Waals surface area contributed by atoms with Gasteiger partial charge < -0.3 is 15.0 Å². The highest BCUT2D eigenvalue weighted by Crippen LogP contribution is 2.34. The van der Waals surface area contributed by atoms with Crippen LogP contribution in [0.25, 0.3) is 11.3 Å². The van der Waals surface area contributed by atoms with Crippen LogP contribution in [0.15, 0.2) is 36.7 Å². The Morgan fingerprint density at radius 2 is 1.90 bits per heavy atom. The van der Waals surface area contributed by atoms with Crippen LogP contribution in [0.2, 0.25) is 0 Å². The lowest BCUT2D eigenvalue weighted by atomic mass is 10.0. The van der Waals surface area contributed by atoms with E-state index in [1.54, 1.807) is 30.4 Å². The minimum atomic E-state index is -4.42. The molecule has 4 rings (SSSR count). The SMILES string of the molecule is CNc1c(C#N)c(-c2cnn(Cc3cccc(C(F)(F)F)c3)c2)nn1C1CCCN(C(=O)OC(C)(C)C)CCC1. The predicted molar refractivity (Wildman–Crippen MR) is 144 cm³/mol. The van der Waals surface area contributed by atoms with Crippen molar-refractivity contribution in [2.24, 2.45) is 0 Å². The van der Waals surface area contributed by atoms with Gasteiger partial charge in [0.25, 0.3) is 0 Å². The number of benzene rings is 1. The average molecular weight is 558 g/mol. The van der Waals surface area contributed by atoms with Gasteiger partial charge in [-0.1, -0.05) is 12.1 Å². The highest BCUT2D eigenvalue weighted by atomic mass is 19.4. The molecule has 1 aliphatic heterocycles. The quantitative estimate of drug-likeness (QED) is 0.408. The van der Waals surface area contributed by atoms with E-state index in [4.69, 9.17) is 9.84 Å². The Labute approximate surface area is 231 Å². The Morgan fingerprint density at radius 1 is 1.20 bits per heavy atom. The molecule has 0 spiro atoms. The van der Waals surface area contributed by atoms with Gasteiger partial charge in [0.2, 0.25) is 0 Å². The van der Waals surface area contributed by atoms with E-state index in [2.05, 4.69) is 16.5 Å². The Hall–Kier alpha value is -4.01. The van der Waals surface area contributed by atoms with Gasteiger partial charge in [-0.15, -0.1) is 0 Å². The van der Waals surface area contributed by atoms with Gasteiger partial charge in [-0.25, -0.2) is 9.48 Å². The molecule has 214 valence electrons. The topological polar surface area (TPSA) is 101 Å². The molecule has 1 aliphatic rings. The maximum Gasteiger partial charge on any atom is 0.416 e. The zero-order valence-corrected chi connectivity index (χ0v) is 23.1. The number of rotatable bonds is 5. The largest absolute Gasteiger partial charge is 0.444 e. The fraction of sp³-hybridized carbons (Fsp3) is 0.500. The summed E-state index contributed by atoms with van der Waals surface area (Å²) in [5.74, 6) is 0.595. The Kier molecular flexibility index (Phi) is 8.42. The van der Waals surface area contributed by atoms with E-state index < -0.39 is 17.3 Å². The van der Waals surface area contributed by atoms with Crippen LogP contribution in [-0.4, -0.2) is 56.3 Å². The number of alkyl halides is 3. The van der Waals surface area contributed by atoms with Gasteiger partial charge in [-0.3, -0.25) is 4.68 Å². The van der Waals surface area contributed by atoms with Gasteiger partial charge in [0.15, 0.2) is 0 Å². The van der Waals surface area contributed by atoms with Crippen LogP contribution in [0.5, 0.6) is 0 Å². The number of hydrogen-bond acceptors (Lipinski definition) is 6. The number of carbonyl (C=O) groups is 1. The van der Waals surface area contributed by atoms with E-state index in [1.807, 2.05) is 25.5 Å². The molecule has 1 fully saturated rings. The van der Waals surface area contributed by atoms with Crippen LogP contribution in [0.4, 0.5) is 23.8 Å². The molecule has 12 heteroatoms. The molecule has 1 aromatic carbocycles. The zero-order valence-electron chi connectivity index (χ0n) is 23.1. The van der Waals surface area contributed by atoms with Gasteiger partial charge in [0.1, 0.15) is 28.7 Å². The lowest BCUT2D eigenvalue weighted by Gasteiger charge is -2.30. The van der Waals surface area contributed by atoms with E-state index in [1.165, 1.54) is 10.7 Å². The first-order valence-corrected chi connectivity index (χ1v) is 13.3. The van der Waals surface area contributed by atoms with Crippen LogP contribution in [0, 0.1) is 11.3 Å². The maximum absolute atomic E-state index is 13.1. The summed E-state index contributed by atoms with van der Waals surface area (Å²) in [6.45, 7) is 6.83. The minimum absolute atomic E-state index is 0.0178. The van der Waals surface area contributed by atoms with Crippen molar-refractivity contribution in [1.82, 2.24) is 24.5 Å². The fourth-order valence-corrected chi connectivity index (χ4v) is 4.90. The first-order valence-electron chi connectivity index (χ1n) is 13.3. The third kappa shape index (κ3) is 6.76. The second-order valence-electron chi connectivity index (χ2n) is 10.9. The molecule has 1 saturated heterocycles. The smallest absolute Gasteiger partial charge is 0.416 e. The average Bonchev–Trinajstić information content (AvgIpc) is 3.46. The lowest BCUT2D eigenvalue weighted by molar-refractivity contribution is -0.137. The number of anilines is 1. The third-order valence-corrected chi connectivity index (χ3v) is 6.69. The van der Waals surface area contributed by atoms with Crippen molar-refractivity contribution in [3.63, 3.8) is 0 Å². The Balaban J connectivity index is 1.52. The number of halogens is 3. The molecule has 0 bridgehead atoms. The summed E-state index contributed by atoms with van der Waals surface area (Å²) in [5.41, 5.74) is 0.624. The molecular formula is C28H34F3N7O2. The molecule has 9 nitrogen and oxygen atoms in total. The van der Waals surface area contributed by atoms with Crippen molar-refractivity contribution in [2.45, 2.75) is 70.8 Å². The van der Waals surface area contributed by atoms with Crippen LogP contribution in [0.1, 0.15) is 69.2 Å². The molecule has 0 atom stereocenters. The van der Waals surface area contributed by atoms with E-state index in [9.17, 15) is 23.2 Å². The second kappa shape index (κ2) is 11.6. The summed E-state index contributed by atoms with van der Waals surface area (Å²) in [5, 5.41) is 22.3. The van der Waals surface area contributed by atoms with Crippen molar-refractivity contribution in [1.29, 1.82) is 5.26 Å². The highest BCUT2D eigenvalue weighted by molar-refractivity contribution is 5.73. The monoisotopic (exact) mass is 557 g/mol. The Morgan fingerprint density at radius 3 is 2.50 bits per heavy atom. The number of likely N-dealkylation sites (tertiary alicyclic amines) is 1. The zero-order chi connectivity index (χ0) is 29.1. The molecule has 1 amide bonds. The van der Waals surface area contributed by atoms with Gasteiger partial charge in [-0.05, 0) is 64.2 Å². The molecule has 40 heavy (non-hydrogen) atoms. The fourth-order valence-electron chi connectivity index (χ4n) is 4.90. The van der Waals surface area contributed by atoms with Gasteiger partial charge in [0.05, 0.1) is 24.3 Å². The van der Waals surface area contributed by atoms with Crippen molar-refractivity contribution < 1.29 is 22.7 Å². The van der Waals surface area contributed by atoms with Crippen LogP contribution >= 0.6 is 0 Å². The van der Waals surface area contributed by atoms with Crippen LogP contribution < -0.4 is 5.32 Å². The van der Waals surface area contributed by atoms with E-state index in [0.29, 0.717) is 41.3 Å². The van der Waals surface area contributed by atoms with Gasteiger partial charge in [0, 0.05) is 31.9 Å². The number of amides is 1. The number of nitriles is 1. The molecule has 0 aliphatic carbocycles. The summed E-state index contributed by atoms with van der Waals surface area (Å²) < 4.78 is 48.2. The standard InChI is InChI=1S/C28H34F3N7O2/c1-27(2,3)40-26(39)36-12-6-10-22(11-7-13-36)38-25(33-4)23(15-32)24(35-38)20-16-34-37(18-20)17-19-8-5-9-21(14-19)28(29,30)31/h5,8-9,14,16,18,22,33H,6-7,10-13,17H2,1-4H3. The van der Waals surface area contributed by atoms with Crippen LogP contribution in [-0.2, 0) is 17.5 Å². The molecule has 0 saturated carbocycles. The third-order valence-electron chi connectivity index (χ3n) is 6.69. The van der Waals surface area contributed by atoms with Crippen LogP contribution in [0.3, 0.4) is 0 Å². The number of carbonyl (C=O) groups excluding carboxylic acids is 1. The molecular weight excluding hydrogens is 523 g/mol. The molecule has 0 radical (unpaired) electrons. The second-order valence-corrected chi connectivity index (χ2v) is 10.9. The lowest BCUT2D eigenvalue weighted by Crippen LogP contribution is -2.39. The van der Waals surface area contributed by atoms with Crippen molar-refractivity contribution in [3.8, 4) is 17.3 Å². The van der Waals surface area contributed by atoms with E-state index in [-0.39, 0.29) is 18.7 Å². The molecule has 0 unspecified atom stereocenters. The molecule has 1 N–H and O–H groups in total. The molecule has 2 aromatic heterocycles. The predicted octanol–water partition coefficient (Wildman–Crippen LogP) is 6.08. The van der Waals surface area contributed by atoms with Gasteiger partial charge in [-0.2, -0.15) is 28.6 Å². The normalized spacial score (nSPS) is 15.3. The number of aromatic nitrogens is 4.